The molecule has 1 saturated heterocycles. The molecule has 32 heavy (non-hydrogen) atoms. The number of furan rings is 1. The number of ether oxygens (including phenoxy) is 1. The maximum atomic E-state index is 12.8. The third-order valence-corrected chi connectivity index (χ3v) is 5.70. The van der Waals surface area contributed by atoms with Crippen LogP contribution in [0.25, 0.3) is 0 Å². The first-order chi connectivity index (χ1) is 15.5. The minimum Gasteiger partial charge on any atom is -0.486 e. The smallest absolute Gasteiger partial charge is 0.289 e. The van der Waals surface area contributed by atoms with Crippen LogP contribution in [0.2, 0.25) is 5.02 Å². The summed E-state index contributed by atoms with van der Waals surface area (Å²) in [5, 5.41) is 0.738. The van der Waals surface area contributed by atoms with Crippen LogP contribution in [-0.4, -0.2) is 47.7 Å². The molecule has 0 atom stereocenters. The Morgan fingerprint density at radius 3 is 2.44 bits per heavy atom. The van der Waals surface area contributed by atoms with Crippen LogP contribution >= 0.6 is 11.6 Å². The Morgan fingerprint density at radius 2 is 1.75 bits per heavy atom. The van der Waals surface area contributed by atoms with Crippen molar-refractivity contribution in [3.63, 3.8) is 0 Å². The molecular formula is C25H25ClN2O4. The first-order valence-electron chi connectivity index (χ1n) is 10.6. The lowest BCUT2D eigenvalue weighted by Crippen LogP contribution is -2.48. The van der Waals surface area contributed by atoms with Crippen molar-refractivity contribution in [3.05, 3.63) is 88.3 Å². The van der Waals surface area contributed by atoms with E-state index in [0.29, 0.717) is 35.9 Å². The van der Waals surface area contributed by atoms with Crippen LogP contribution in [0.4, 0.5) is 0 Å². The van der Waals surface area contributed by atoms with Gasteiger partial charge in [0.2, 0.25) is 0 Å². The third kappa shape index (κ3) is 5.58. The summed E-state index contributed by atoms with van der Waals surface area (Å²) < 4.78 is 11.4. The molecule has 1 amide bonds. The lowest BCUT2D eigenvalue weighted by Gasteiger charge is -2.34. The number of nitrogens with zero attached hydrogens (tertiary/aromatic N) is 2. The standard InChI is InChI=1S/C25H25ClN2O4/c1-18(29)20-5-7-22(8-6-20)31-17-23-9-10-24(32-23)25(30)28-13-11-27(12-14-28)16-19-3-2-4-21(26)15-19/h2-10,15H,11-14,16-17H2,1H3. The maximum absolute atomic E-state index is 12.8. The summed E-state index contributed by atoms with van der Waals surface area (Å²) in [6.45, 7) is 5.44. The van der Waals surface area contributed by atoms with E-state index in [4.69, 9.17) is 20.8 Å². The topological polar surface area (TPSA) is 63.0 Å². The van der Waals surface area contributed by atoms with Gasteiger partial charge in [0, 0.05) is 43.3 Å². The average Bonchev–Trinajstić information content (AvgIpc) is 3.27. The molecule has 2 aromatic carbocycles. The fourth-order valence-electron chi connectivity index (χ4n) is 3.67. The van der Waals surface area contributed by atoms with E-state index in [9.17, 15) is 9.59 Å². The van der Waals surface area contributed by atoms with Crippen LogP contribution in [0.5, 0.6) is 5.75 Å². The molecule has 0 radical (unpaired) electrons. The van der Waals surface area contributed by atoms with Crippen LogP contribution < -0.4 is 4.74 Å². The summed E-state index contributed by atoms with van der Waals surface area (Å²) in [5.74, 6) is 1.43. The van der Waals surface area contributed by atoms with E-state index in [2.05, 4.69) is 11.0 Å². The van der Waals surface area contributed by atoms with Gasteiger partial charge in [-0.25, -0.2) is 0 Å². The van der Waals surface area contributed by atoms with Crippen molar-refractivity contribution < 1.29 is 18.7 Å². The molecule has 2 heterocycles. The predicted octanol–water partition coefficient (Wildman–Crippen LogP) is 4.67. The van der Waals surface area contributed by atoms with Crippen LogP contribution in [-0.2, 0) is 13.2 Å². The van der Waals surface area contributed by atoms with Gasteiger partial charge in [-0.3, -0.25) is 14.5 Å². The Balaban J connectivity index is 1.27. The van der Waals surface area contributed by atoms with E-state index in [1.54, 1.807) is 36.4 Å². The fourth-order valence-corrected chi connectivity index (χ4v) is 3.88. The van der Waals surface area contributed by atoms with Crippen molar-refractivity contribution in [1.82, 2.24) is 9.80 Å². The number of hydrogen-bond acceptors (Lipinski definition) is 5. The quantitative estimate of drug-likeness (QED) is 0.487. The molecule has 3 aromatic rings. The lowest BCUT2D eigenvalue weighted by molar-refractivity contribution is 0.0594. The molecule has 166 valence electrons. The van der Waals surface area contributed by atoms with Crippen molar-refractivity contribution in [2.45, 2.75) is 20.1 Å². The van der Waals surface area contributed by atoms with Crippen LogP contribution in [0.1, 0.15) is 39.2 Å². The number of ketones is 1. The van der Waals surface area contributed by atoms with E-state index in [-0.39, 0.29) is 18.3 Å². The van der Waals surface area contributed by atoms with E-state index < -0.39 is 0 Å². The fraction of sp³-hybridized carbons (Fsp3) is 0.280. The van der Waals surface area contributed by atoms with Crippen LogP contribution in [0.15, 0.2) is 65.1 Å². The molecule has 0 bridgehead atoms. The Morgan fingerprint density at radius 1 is 1.00 bits per heavy atom. The summed E-state index contributed by atoms with van der Waals surface area (Å²) in [6, 6.07) is 18.2. The molecule has 1 aliphatic heterocycles. The van der Waals surface area contributed by atoms with Gasteiger partial charge in [0.05, 0.1) is 0 Å². The number of Topliss-reactive ketones (excluding diaryl/α,β-unsaturated/α-hetero) is 1. The molecule has 4 rings (SSSR count). The summed E-state index contributed by atoms with van der Waals surface area (Å²) in [6.07, 6.45) is 0. The molecule has 0 unspecified atom stereocenters. The number of halogens is 1. The van der Waals surface area contributed by atoms with Crippen molar-refractivity contribution in [2.24, 2.45) is 0 Å². The number of rotatable bonds is 7. The molecule has 0 spiro atoms. The highest BCUT2D eigenvalue weighted by atomic mass is 35.5. The second-order valence-corrected chi connectivity index (χ2v) is 8.27. The zero-order valence-corrected chi connectivity index (χ0v) is 18.7. The predicted molar refractivity (Wildman–Crippen MR) is 122 cm³/mol. The zero-order valence-electron chi connectivity index (χ0n) is 17.9. The Hall–Kier alpha value is -3.09. The minimum atomic E-state index is -0.107. The number of carbonyl (C=O) groups is 2. The molecule has 0 N–H and O–H groups in total. The van der Waals surface area contributed by atoms with Gasteiger partial charge in [-0.2, -0.15) is 0 Å². The van der Waals surface area contributed by atoms with Gasteiger partial charge in [-0.1, -0.05) is 23.7 Å². The molecule has 6 nitrogen and oxygen atoms in total. The summed E-state index contributed by atoms with van der Waals surface area (Å²) in [4.78, 5) is 28.3. The van der Waals surface area contributed by atoms with Crippen molar-refractivity contribution in [1.29, 1.82) is 0 Å². The Kier molecular flexibility index (Phi) is 6.93. The summed E-state index contributed by atoms with van der Waals surface area (Å²) in [7, 11) is 0. The van der Waals surface area contributed by atoms with Gasteiger partial charge < -0.3 is 14.1 Å². The monoisotopic (exact) mass is 452 g/mol. The highest BCUT2D eigenvalue weighted by molar-refractivity contribution is 6.30. The summed E-state index contributed by atoms with van der Waals surface area (Å²) >= 11 is 6.07. The number of benzene rings is 2. The van der Waals surface area contributed by atoms with Gasteiger partial charge in [0.1, 0.15) is 18.1 Å². The second-order valence-electron chi connectivity index (χ2n) is 7.83. The van der Waals surface area contributed by atoms with Crippen molar-refractivity contribution in [2.75, 3.05) is 26.2 Å². The van der Waals surface area contributed by atoms with Gasteiger partial charge in [0.15, 0.2) is 11.5 Å². The highest BCUT2D eigenvalue weighted by Crippen LogP contribution is 2.18. The van der Waals surface area contributed by atoms with Gasteiger partial charge >= 0.3 is 0 Å². The lowest BCUT2D eigenvalue weighted by atomic mass is 10.1. The molecule has 7 heteroatoms. The first kappa shape index (κ1) is 22.1. The Bertz CT molecular complexity index is 1090. The van der Waals surface area contributed by atoms with E-state index in [1.165, 1.54) is 12.5 Å². The first-order valence-corrected chi connectivity index (χ1v) is 10.9. The van der Waals surface area contributed by atoms with E-state index >= 15 is 0 Å². The minimum absolute atomic E-state index is 0.0102. The van der Waals surface area contributed by atoms with Crippen LogP contribution in [0.3, 0.4) is 0 Å². The Labute approximate surface area is 192 Å². The van der Waals surface area contributed by atoms with E-state index in [0.717, 1.165) is 24.7 Å². The maximum Gasteiger partial charge on any atom is 0.289 e. The number of amides is 1. The van der Waals surface area contributed by atoms with Gasteiger partial charge in [-0.15, -0.1) is 0 Å². The van der Waals surface area contributed by atoms with E-state index in [1.807, 2.05) is 23.1 Å². The third-order valence-electron chi connectivity index (χ3n) is 5.47. The van der Waals surface area contributed by atoms with Crippen LogP contribution in [0, 0.1) is 0 Å². The number of piperazine rings is 1. The molecule has 1 aromatic heterocycles. The van der Waals surface area contributed by atoms with Gasteiger partial charge in [-0.05, 0) is 61.0 Å². The molecular weight excluding hydrogens is 428 g/mol. The average molecular weight is 453 g/mol. The van der Waals surface area contributed by atoms with Gasteiger partial charge in [0.25, 0.3) is 5.91 Å². The zero-order chi connectivity index (χ0) is 22.5. The molecule has 1 aliphatic rings. The number of carbonyl (C=O) groups excluding carboxylic acids is 2. The molecule has 0 aliphatic carbocycles. The van der Waals surface area contributed by atoms with Crippen molar-refractivity contribution >= 4 is 23.3 Å². The second kappa shape index (κ2) is 10.0. The SMILES string of the molecule is CC(=O)c1ccc(OCc2ccc(C(=O)N3CCN(Cc4cccc(Cl)c4)CC3)o2)cc1. The normalized spacial score (nSPS) is 14.4. The van der Waals surface area contributed by atoms with Crippen molar-refractivity contribution in [3.8, 4) is 5.75 Å². The molecule has 1 fully saturated rings. The molecule has 0 saturated carbocycles. The number of hydrogen-bond donors (Lipinski definition) is 0. The highest BCUT2D eigenvalue weighted by Gasteiger charge is 2.24. The summed E-state index contributed by atoms with van der Waals surface area (Å²) in [5.41, 5.74) is 1.81. The largest absolute Gasteiger partial charge is 0.486 e.